The summed E-state index contributed by atoms with van der Waals surface area (Å²) in [4.78, 5) is 13.9. The van der Waals surface area contributed by atoms with Crippen LogP contribution in [0.4, 0.5) is 4.79 Å². The van der Waals surface area contributed by atoms with E-state index in [-0.39, 0.29) is 24.5 Å². The van der Waals surface area contributed by atoms with Gasteiger partial charge >= 0.3 is 6.09 Å². The molecule has 1 aliphatic heterocycles. The minimum absolute atomic E-state index is 0. The highest BCUT2D eigenvalue weighted by Crippen LogP contribution is 2.22. The molecule has 1 amide bonds. The van der Waals surface area contributed by atoms with E-state index >= 15 is 0 Å². The topological polar surface area (TPSA) is 81.6 Å². The molecule has 0 bridgehead atoms. The van der Waals surface area contributed by atoms with Gasteiger partial charge in [0.05, 0.1) is 0 Å². The van der Waals surface area contributed by atoms with Crippen molar-refractivity contribution in [2.45, 2.75) is 25.5 Å². The molecule has 0 aliphatic carbocycles. The first-order valence-electron chi connectivity index (χ1n) is 7.12. The molecule has 2 rings (SSSR count). The number of likely N-dealkylation sites (tertiary alicyclic amines) is 1. The molecule has 0 radical (unpaired) electrons. The molecule has 1 aromatic carbocycles. The van der Waals surface area contributed by atoms with E-state index in [4.69, 9.17) is 16.2 Å². The van der Waals surface area contributed by atoms with E-state index in [1.54, 1.807) is 4.90 Å². The fraction of sp³-hybridized carbons (Fsp3) is 0.533. The zero-order chi connectivity index (χ0) is 14.4. The van der Waals surface area contributed by atoms with Crippen LogP contribution < -0.4 is 11.5 Å². The van der Waals surface area contributed by atoms with E-state index in [0.29, 0.717) is 32.2 Å². The fourth-order valence-corrected chi connectivity index (χ4v) is 2.61. The van der Waals surface area contributed by atoms with Crippen molar-refractivity contribution in [2.75, 3.05) is 19.6 Å². The van der Waals surface area contributed by atoms with Crippen molar-refractivity contribution in [3.63, 3.8) is 0 Å². The lowest BCUT2D eigenvalue weighted by Gasteiger charge is -2.37. The van der Waals surface area contributed by atoms with Crippen LogP contribution in [-0.2, 0) is 11.3 Å². The second-order valence-corrected chi connectivity index (χ2v) is 5.25. The molecule has 118 valence electrons. The van der Waals surface area contributed by atoms with Crippen molar-refractivity contribution >= 4 is 18.5 Å². The number of benzene rings is 1. The van der Waals surface area contributed by atoms with Crippen molar-refractivity contribution < 1.29 is 9.53 Å². The number of nitrogens with zero attached hydrogens (tertiary/aromatic N) is 1. The van der Waals surface area contributed by atoms with Gasteiger partial charge in [0.1, 0.15) is 6.61 Å². The highest BCUT2D eigenvalue weighted by molar-refractivity contribution is 5.85. The van der Waals surface area contributed by atoms with Gasteiger partial charge in [-0.3, -0.25) is 0 Å². The number of carbonyl (C=O) groups excluding carboxylic acids is 1. The van der Waals surface area contributed by atoms with E-state index in [2.05, 4.69) is 0 Å². The van der Waals surface area contributed by atoms with Gasteiger partial charge in [0.25, 0.3) is 0 Å². The van der Waals surface area contributed by atoms with Gasteiger partial charge in [-0.2, -0.15) is 0 Å². The van der Waals surface area contributed by atoms with Gasteiger partial charge in [0.2, 0.25) is 0 Å². The maximum absolute atomic E-state index is 12.2. The Morgan fingerprint density at radius 2 is 1.95 bits per heavy atom. The molecule has 2 atom stereocenters. The predicted molar refractivity (Wildman–Crippen MR) is 85.2 cm³/mol. The smallest absolute Gasteiger partial charge is 0.410 e. The number of hydrogen-bond acceptors (Lipinski definition) is 4. The number of carbonyl (C=O) groups is 1. The molecular weight excluding hydrogens is 290 g/mol. The summed E-state index contributed by atoms with van der Waals surface area (Å²) in [5, 5.41) is 0. The van der Waals surface area contributed by atoms with Crippen LogP contribution in [0.3, 0.4) is 0 Å². The molecule has 1 aliphatic rings. The SMILES string of the molecule is Cl.NCC1CCN(C(=O)OCc2ccccc2)C(CN)C1. The molecule has 21 heavy (non-hydrogen) atoms. The molecule has 1 heterocycles. The third-order valence-corrected chi connectivity index (χ3v) is 3.87. The van der Waals surface area contributed by atoms with Gasteiger partial charge in [-0.05, 0) is 30.9 Å². The molecule has 5 nitrogen and oxygen atoms in total. The maximum Gasteiger partial charge on any atom is 0.410 e. The summed E-state index contributed by atoms with van der Waals surface area (Å²) in [6.07, 6.45) is 1.51. The number of piperidine rings is 1. The summed E-state index contributed by atoms with van der Waals surface area (Å²) in [5.74, 6) is 0.460. The third kappa shape index (κ3) is 4.88. The Morgan fingerprint density at radius 1 is 1.24 bits per heavy atom. The number of amides is 1. The van der Waals surface area contributed by atoms with E-state index in [9.17, 15) is 4.79 Å². The second-order valence-electron chi connectivity index (χ2n) is 5.25. The highest BCUT2D eigenvalue weighted by Gasteiger charge is 2.31. The first kappa shape index (κ1) is 17.8. The highest BCUT2D eigenvalue weighted by atomic mass is 35.5. The van der Waals surface area contributed by atoms with Gasteiger partial charge in [0.15, 0.2) is 0 Å². The zero-order valence-corrected chi connectivity index (χ0v) is 12.9. The quantitative estimate of drug-likeness (QED) is 0.887. The van der Waals surface area contributed by atoms with E-state index in [1.807, 2.05) is 30.3 Å². The summed E-state index contributed by atoms with van der Waals surface area (Å²) in [7, 11) is 0. The second kappa shape index (κ2) is 8.87. The number of halogens is 1. The minimum atomic E-state index is -0.278. The zero-order valence-electron chi connectivity index (χ0n) is 12.1. The van der Waals surface area contributed by atoms with Crippen LogP contribution in [0, 0.1) is 5.92 Å². The Kier molecular flexibility index (Phi) is 7.50. The Hall–Kier alpha value is -1.30. The lowest BCUT2D eigenvalue weighted by molar-refractivity contribution is 0.0600. The van der Waals surface area contributed by atoms with Gasteiger partial charge in [-0.1, -0.05) is 30.3 Å². The first-order chi connectivity index (χ1) is 9.74. The Balaban J connectivity index is 0.00000220. The van der Waals surface area contributed by atoms with Crippen LogP contribution in [0.2, 0.25) is 0 Å². The van der Waals surface area contributed by atoms with Gasteiger partial charge in [0, 0.05) is 19.1 Å². The van der Waals surface area contributed by atoms with Crippen molar-refractivity contribution in [2.24, 2.45) is 17.4 Å². The molecule has 0 aromatic heterocycles. The number of nitrogens with two attached hydrogens (primary N) is 2. The Labute approximate surface area is 132 Å². The lowest BCUT2D eigenvalue weighted by atomic mass is 9.91. The lowest BCUT2D eigenvalue weighted by Crippen LogP contribution is -2.50. The van der Waals surface area contributed by atoms with Gasteiger partial charge in [-0.15, -0.1) is 12.4 Å². The maximum atomic E-state index is 12.2. The number of ether oxygens (including phenoxy) is 1. The van der Waals surface area contributed by atoms with E-state index in [0.717, 1.165) is 18.4 Å². The van der Waals surface area contributed by atoms with Gasteiger partial charge in [-0.25, -0.2) is 4.79 Å². The average Bonchev–Trinajstić information content (AvgIpc) is 2.52. The number of hydrogen-bond donors (Lipinski definition) is 2. The largest absolute Gasteiger partial charge is 0.445 e. The summed E-state index contributed by atoms with van der Waals surface area (Å²) < 4.78 is 5.37. The third-order valence-electron chi connectivity index (χ3n) is 3.87. The molecule has 0 saturated carbocycles. The Morgan fingerprint density at radius 3 is 2.57 bits per heavy atom. The van der Waals surface area contributed by atoms with Crippen molar-refractivity contribution in [3.05, 3.63) is 35.9 Å². The van der Waals surface area contributed by atoms with E-state index in [1.165, 1.54) is 0 Å². The van der Waals surface area contributed by atoms with Crippen LogP contribution in [0.5, 0.6) is 0 Å². The predicted octanol–water partition coefficient (Wildman–Crippen LogP) is 1.74. The average molecular weight is 314 g/mol. The normalized spacial score (nSPS) is 21.5. The van der Waals surface area contributed by atoms with Crippen LogP contribution >= 0.6 is 12.4 Å². The first-order valence-corrected chi connectivity index (χ1v) is 7.12. The van der Waals surface area contributed by atoms with Crippen LogP contribution in [0.15, 0.2) is 30.3 Å². The molecule has 1 saturated heterocycles. The molecule has 0 spiro atoms. The van der Waals surface area contributed by atoms with Crippen molar-refractivity contribution in [1.29, 1.82) is 0 Å². The van der Waals surface area contributed by atoms with Gasteiger partial charge < -0.3 is 21.1 Å². The van der Waals surface area contributed by atoms with Crippen molar-refractivity contribution in [3.8, 4) is 0 Å². The molecule has 6 heteroatoms. The molecule has 1 fully saturated rings. The molecular formula is C15H24ClN3O2. The van der Waals surface area contributed by atoms with E-state index < -0.39 is 0 Å². The molecule has 2 unspecified atom stereocenters. The summed E-state index contributed by atoms with van der Waals surface area (Å²) in [6.45, 7) is 2.09. The van der Waals surface area contributed by atoms with Crippen LogP contribution in [-0.4, -0.2) is 36.7 Å². The fourth-order valence-electron chi connectivity index (χ4n) is 2.61. The standard InChI is InChI=1S/C15H23N3O2.ClH/c16-9-13-6-7-18(14(8-13)10-17)15(19)20-11-12-4-2-1-3-5-12;/h1-5,13-14H,6-11,16-17H2;1H. The summed E-state index contributed by atoms with van der Waals surface area (Å²) in [5.41, 5.74) is 12.5. The molecule has 4 N–H and O–H groups in total. The molecule has 1 aromatic rings. The van der Waals surface area contributed by atoms with Crippen molar-refractivity contribution in [1.82, 2.24) is 4.90 Å². The monoisotopic (exact) mass is 313 g/mol. The Bertz CT molecular complexity index is 430. The summed E-state index contributed by atoms with van der Waals surface area (Å²) in [6, 6.07) is 9.72. The minimum Gasteiger partial charge on any atom is -0.445 e. The number of rotatable bonds is 4. The summed E-state index contributed by atoms with van der Waals surface area (Å²) >= 11 is 0. The van der Waals surface area contributed by atoms with Crippen LogP contribution in [0.1, 0.15) is 18.4 Å². The van der Waals surface area contributed by atoms with Crippen LogP contribution in [0.25, 0.3) is 0 Å².